The molecule has 0 spiro atoms. The molecular weight excluding hydrogens is 800 g/mol. The summed E-state index contributed by atoms with van der Waals surface area (Å²) in [6.45, 7) is 7.78. The van der Waals surface area contributed by atoms with Gasteiger partial charge in [-0.25, -0.2) is 0 Å². The molecule has 0 amide bonds. The van der Waals surface area contributed by atoms with Crippen molar-refractivity contribution < 1.29 is 113 Å². The van der Waals surface area contributed by atoms with Crippen LogP contribution in [0.25, 0.3) is 0 Å². The Hall–Kier alpha value is -1.37. The van der Waals surface area contributed by atoms with Crippen LogP contribution in [0, 0.1) is 5.92 Å². The van der Waals surface area contributed by atoms with Gasteiger partial charge in [0.05, 0.1) is 37.6 Å². The summed E-state index contributed by atoms with van der Waals surface area (Å²) in [4.78, 5) is 12.5. The lowest BCUT2D eigenvalue weighted by molar-refractivity contribution is -0.397. The van der Waals surface area contributed by atoms with Gasteiger partial charge in [0.2, 0.25) is 0 Å². The molecule has 0 saturated carbocycles. The number of ether oxygens (including phenoxy) is 11. The van der Waals surface area contributed by atoms with Crippen molar-refractivity contribution in [2.75, 3.05) is 19.8 Å². The second-order valence-electron chi connectivity index (χ2n) is 15.7. The predicted molar refractivity (Wildman–Crippen MR) is 189 cm³/mol. The minimum atomic E-state index is -1.96. The van der Waals surface area contributed by atoms with Crippen molar-refractivity contribution in [1.82, 2.24) is 0 Å². The van der Waals surface area contributed by atoms with Gasteiger partial charge in [0.25, 0.3) is 0 Å². The maximum absolute atomic E-state index is 12.5. The fourth-order valence-electron chi connectivity index (χ4n) is 7.73. The van der Waals surface area contributed by atoms with E-state index >= 15 is 0 Å². The lowest BCUT2D eigenvalue weighted by atomic mass is 9.91. The van der Waals surface area contributed by atoms with E-state index in [1.165, 1.54) is 20.8 Å². The third-order valence-electron chi connectivity index (χ3n) is 11.3. The van der Waals surface area contributed by atoms with E-state index in [0.717, 1.165) is 6.92 Å². The Morgan fingerprint density at radius 3 is 1.54 bits per heavy atom. The minimum Gasteiger partial charge on any atom is -0.454 e. The number of aliphatic hydroxyl groups is 11. The van der Waals surface area contributed by atoms with Gasteiger partial charge in [0, 0.05) is 19.4 Å². The first kappa shape index (κ1) is 48.7. The highest BCUT2D eigenvalue weighted by molar-refractivity contribution is 5.66. The molecule has 23 heteroatoms. The van der Waals surface area contributed by atoms with E-state index in [4.69, 9.17) is 52.1 Å². The summed E-state index contributed by atoms with van der Waals surface area (Å²) < 4.78 is 64.3. The molecule has 5 rings (SSSR count). The van der Waals surface area contributed by atoms with E-state index in [0.29, 0.717) is 13.0 Å². The molecule has 5 fully saturated rings. The molecule has 0 aliphatic carbocycles. The highest BCUT2D eigenvalue weighted by atomic mass is 16.8. The zero-order chi connectivity index (χ0) is 43.6. The van der Waals surface area contributed by atoms with Crippen molar-refractivity contribution in [3.05, 3.63) is 0 Å². The van der Waals surface area contributed by atoms with E-state index in [2.05, 4.69) is 0 Å². The summed E-state index contributed by atoms with van der Waals surface area (Å²) in [6.07, 6.45) is -36.4. The molecule has 5 saturated heterocycles. The second kappa shape index (κ2) is 20.9. The number of rotatable bonds is 14. The van der Waals surface area contributed by atoms with Gasteiger partial charge in [-0.2, -0.15) is 0 Å². The Bertz CT molecular complexity index is 1320. The van der Waals surface area contributed by atoms with Crippen molar-refractivity contribution in [3.8, 4) is 0 Å². The molecule has 5 aliphatic rings. The van der Waals surface area contributed by atoms with Crippen LogP contribution in [0.5, 0.6) is 0 Å². The average Bonchev–Trinajstić information content (AvgIpc) is 3.19. The van der Waals surface area contributed by atoms with E-state index in [1.807, 2.05) is 6.92 Å². The average molecular weight is 863 g/mol. The normalized spacial score (nSPS) is 51.0. The molecule has 23 nitrogen and oxygen atoms in total. The fourth-order valence-corrected chi connectivity index (χ4v) is 7.73. The van der Waals surface area contributed by atoms with E-state index in [9.17, 15) is 61.0 Å². The van der Waals surface area contributed by atoms with Crippen LogP contribution in [0.2, 0.25) is 0 Å². The summed E-state index contributed by atoms with van der Waals surface area (Å²) in [6, 6.07) is 0. The van der Waals surface area contributed by atoms with Crippen LogP contribution in [0.15, 0.2) is 0 Å². The summed E-state index contributed by atoms with van der Waals surface area (Å²) in [5.74, 6) is -1.53. The first-order valence-electron chi connectivity index (χ1n) is 19.9. The monoisotopic (exact) mass is 862 g/mol. The van der Waals surface area contributed by atoms with Crippen LogP contribution in [-0.4, -0.2) is 229 Å². The van der Waals surface area contributed by atoms with Gasteiger partial charge in [0.15, 0.2) is 37.6 Å². The molecule has 0 aromatic heterocycles. The Kier molecular flexibility index (Phi) is 17.2. The Morgan fingerprint density at radius 2 is 0.949 bits per heavy atom. The molecule has 5 aliphatic heterocycles. The number of hydrogen-bond acceptors (Lipinski definition) is 23. The maximum atomic E-state index is 12.5. The standard InChI is InChI=1S/C36H62O23/c1-7-8-49-32-11(2)27(22(44)17(10-38)54-32)56-36-31(53-15(6)39)29(20(42)14(5)52-36)58-35-30(24(46)18(40)12(3)51-35)59-34-26(48)28(19(41)13(4)50-34)57-33-25(47)23(45)21(43)16(9-37)55-33/h11-14,16-38,40-48H,7-10H2,1-6H3/t11-,12?,13?,14?,16-,17?,18-,19-,20-,21+,22+,23?,24?,25?,26-,27?,28?,29?,30-,31-,32+,33+,34-,35-,36-/m0/s1. The summed E-state index contributed by atoms with van der Waals surface area (Å²) in [5, 5.41) is 118. The highest BCUT2D eigenvalue weighted by Gasteiger charge is 2.57. The van der Waals surface area contributed by atoms with Gasteiger partial charge < -0.3 is 108 Å². The first-order valence-corrected chi connectivity index (χ1v) is 19.9. The third kappa shape index (κ3) is 10.5. The maximum Gasteiger partial charge on any atom is 0.303 e. The lowest BCUT2D eigenvalue weighted by Crippen LogP contribution is -2.67. The largest absolute Gasteiger partial charge is 0.454 e. The van der Waals surface area contributed by atoms with Gasteiger partial charge in [-0.3, -0.25) is 4.79 Å². The SMILES string of the molecule is CCCO[C@@H]1OC(CO)[C@@H](O)C(O[C@@H]2OC(C)[C@H](O)C(O[C@@H]3OC(C)[C@H](O)C(O)[C@@H]3O[C@@H]3OC(C)[C@H](O)C(O[C@H]4O[C@@H](CO)[C@@H](O)C(O)C4O)[C@@H]3O)[C@@H]2OC(C)=O)[C@@H]1C. The third-order valence-corrected chi connectivity index (χ3v) is 11.3. The topological polar surface area (TPSA) is 341 Å². The van der Waals surface area contributed by atoms with E-state index < -0.39 is 173 Å². The number of esters is 1. The molecule has 344 valence electrons. The van der Waals surface area contributed by atoms with Crippen molar-refractivity contribution in [3.63, 3.8) is 0 Å². The van der Waals surface area contributed by atoms with Crippen LogP contribution in [0.3, 0.4) is 0 Å². The van der Waals surface area contributed by atoms with Crippen LogP contribution in [0.4, 0.5) is 0 Å². The number of carbonyl (C=O) groups is 1. The summed E-state index contributed by atoms with van der Waals surface area (Å²) >= 11 is 0. The van der Waals surface area contributed by atoms with Crippen LogP contribution in [0.1, 0.15) is 48.0 Å². The van der Waals surface area contributed by atoms with Gasteiger partial charge in [0.1, 0.15) is 85.5 Å². The predicted octanol–water partition coefficient (Wildman–Crippen LogP) is -5.56. The molecule has 25 atom stereocenters. The Balaban J connectivity index is 1.39. The number of aliphatic hydroxyl groups excluding tert-OH is 11. The van der Waals surface area contributed by atoms with Crippen molar-refractivity contribution >= 4 is 5.97 Å². The van der Waals surface area contributed by atoms with Crippen LogP contribution < -0.4 is 0 Å². The molecule has 11 N–H and O–H groups in total. The van der Waals surface area contributed by atoms with Crippen molar-refractivity contribution in [1.29, 1.82) is 0 Å². The fraction of sp³-hybridized carbons (Fsp3) is 0.972. The lowest BCUT2D eigenvalue weighted by Gasteiger charge is -2.50. The van der Waals surface area contributed by atoms with Gasteiger partial charge in [-0.05, 0) is 27.2 Å². The Morgan fingerprint density at radius 1 is 0.475 bits per heavy atom. The molecule has 5 heterocycles. The van der Waals surface area contributed by atoms with Gasteiger partial charge in [-0.15, -0.1) is 0 Å². The zero-order valence-electron chi connectivity index (χ0n) is 33.6. The van der Waals surface area contributed by atoms with Crippen molar-refractivity contribution in [2.45, 2.75) is 195 Å². The molecule has 0 radical (unpaired) electrons. The van der Waals surface area contributed by atoms with Gasteiger partial charge >= 0.3 is 5.97 Å². The quantitative estimate of drug-likeness (QED) is 0.0726. The molecular formula is C36H62O23. The van der Waals surface area contributed by atoms with Crippen LogP contribution in [-0.2, 0) is 56.9 Å². The second-order valence-corrected chi connectivity index (χ2v) is 15.7. The van der Waals surface area contributed by atoms with E-state index in [-0.39, 0.29) is 0 Å². The smallest absolute Gasteiger partial charge is 0.303 e. The zero-order valence-corrected chi connectivity index (χ0v) is 33.6. The number of carbonyl (C=O) groups excluding carboxylic acids is 1. The molecule has 0 aromatic rings. The number of hydrogen-bond donors (Lipinski definition) is 11. The molecule has 0 bridgehead atoms. The van der Waals surface area contributed by atoms with Crippen LogP contribution >= 0.6 is 0 Å². The Labute approximate surface area is 340 Å². The first-order chi connectivity index (χ1) is 27.8. The van der Waals surface area contributed by atoms with Gasteiger partial charge in [-0.1, -0.05) is 13.8 Å². The molecule has 10 unspecified atom stereocenters. The van der Waals surface area contributed by atoms with E-state index in [1.54, 1.807) is 6.92 Å². The van der Waals surface area contributed by atoms with Crippen molar-refractivity contribution in [2.24, 2.45) is 5.92 Å². The highest BCUT2D eigenvalue weighted by Crippen LogP contribution is 2.37. The minimum absolute atomic E-state index is 0.295. The molecule has 59 heavy (non-hydrogen) atoms. The molecule has 0 aromatic carbocycles. The summed E-state index contributed by atoms with van der Waals surface area (Å²) in [7, 11) is 0. The summed E-state index contributed by atoms with van der Waals surface area (Å²) in [5.41, 5.74) is 0.